The van der Waals surface area contributed by atoms with Crippen molar-refractivity contribution in [1.82, 2.24) is 4.98 Å². The van der Waals surface area contributed by atoms with Crippen molar-refractivity contribution in [3.63, 3.8) is 0 Å². The number of hydrogen-bond acceptors (Lipinski definition) is 4. The molecule has 4 aromatic rings. The highest BCUT2D eigenvalue weighted by Gasteiger charge is 2.18. The Morgan fingerprint density at radius 3 is 2.21 bits per heavy atom. The predicted molar refractivity (Wildman–Crippen MR) is 118 cm³/mol. The number of thioether (sulfide) groups is 1. The molecule has 0 spiro atoms. The van der Waals surface area contributed by atoms with E-state index in [-0.39, 0.29) is 11.7 Å². The highest BCUT2D eigenvalue weighted by Crippen LogP contribution is 2.35. The molecular weight excluding hydrogens is 380 g/mol. The molecule has 1 heterocycles. The van der Waals surface area contributed by atoms with Crippen molar-refractivity contribution < 1.29 is 9.21 Å². The van der Waals surface area contributed by atoms with Crippen LogP contribution in [0, 0.1) is 6.92 Å². The Balaban J connectivity index is 1.54. The van der Waals surface area contributed by atoms with E-state index >= 15 is 0 Å². The molecule has 4 rings (SSSR count). The minimum atomic E-state index is -0.0926. The monoisotopic (exact) mass is 400 g/mol. The summed E-state index contributed by atoms with van der Waals surface area (Å²) >= 11 is 1.29. The van der Waals surface area contributed by atoms with Crippen LogP contribution in [0.15, 0.2) is 94.6 Å². The largest absolute Gasteiger partial charge is 0.431 e. The van der Waals surface area contributed by atoms with E-state index in [1.165, 1.54) is 11.8 Å². The molecular formula is C24H20N2O2S. The van der Waals surface area contributed by atoms with Gasteiger partial charge in [0.05, 0.1) is 5.75 Å². The Morgan fingerprint density at radius 1 is 0.897 bits per heavy atom. The first-order chi connectivity index (χ1) is 14.2. The molecule has 0 saturated heterocycles. The molecule has 0 aliphatic heterocycles. The molecule has 1 amide bonds. The third-order valence-corrected chi connectivity index (χ3v) is 5.26. The summed E-state index contributed by atoms with van der Waals surface area (Å²) in [6.07, 6.45) is 0. The van der Waals surface area contributed by atoms with Crippen LogP contribution in [-0.4, -0.2) is 16.6 Å². The number of para-hydroxylation sites is 1. The number of hydrogen-bond donors (Lipinski definition) is 1. The lowest BCUT2D eigenvalue weighted by molar-refractivity contribution is -0.113. The Kier molecular flexibility index (Phi) is 5.77. The molecule has 0 aliphatic carbocycles. The zero-order chi connectivity index (χ0) is 20.1. The van der Waals surface area contributed by atoms with Gasteiger partial charge in [0.25, 0.3) is 5.22 Å². The summed E-state index contributed by atoms with van der Waals surface area (Å²) in [6.45, 7) is 1.97. The average molecular weight is 401 g/mol. The smallest absolute Gasteiger partial charge is 0.257 e. The van der Waals surface area contributed by atoms with Gasteiger partial charge in [0.15, 0.2) is 5.76 Å². The van der Waals surface area contributed by atoms with E-state index in [2.05, 4.69) is 10.3 Å². The second-order valence-electron chi connectivity index (χ2n) is 6.54. The second-order valence-corrected chi connectivity index (χ2v) is 7.47. The van der Waals surface area contributed by atoms with Crippen LogP contribution < -0.4 is 5.32 Å². The predicted octanol–water partition coefficient (Wildman–Crippen LogP) is 6.05. The zero-order valence-corrected chi connectivity index (χ0v) is 16.8. The lowest BCUT2D eigenvalue weighted by Gasteiger charge is -2.06. The van der Waals surface area contributed by atoms with E-state index in [4.69, 9.17) is 4.42 Å². The first-order valence-corrected chi connectivity index (χ1v) is 10.3. The van der Waals surface area contributed by atoms with Crippen LogP contribution in [-0.2, 0) is 4.79 Å². The van der Waals surface area contributed by atoms with E-state index in [1.807, 2.05) is 91.9 Å². The lowest BCUT2D eigenvalue weighted by Crippen LogP contribution is -2.14. The molecule has 144 valence electrons. The summed E-state index contributed by atoms with van der Waals surface area (Å²) in [4.78, 5) is 17.0. The number of benzene rings is 3. The fourth-order valence-corrected chi connectivity index (χ4v) is 3.59. The normalized spacial score (nSPS) is 10.7. The topological polar surface area (TPSA) is 55.1 Å². The highest BCUT2D eigenvalue weighted by molar-refractivity contribution is 7.99. The minimum absolute atomic E-state index is 0.0926. The van der Waals surface area contributed by atoms with E-state index in [0.717, 1.165) is 28.1 Å². The highest BCUT2D eigenvalue weighted by atomic mass is 32.2. The summed E-state index contributed by atoms with van der Waals surface area (Å²) in [5.74, 6) is 0.834. The zero-order valence-electron chi connectivity index (χ0n) is 16.0. The van der Waals surface area contributed by atoms with Gasteiger partial charge >= 0.3 is 0 Å². The molecule has 0 radical (unpaired) electrons. The van der Waals surface area contributed by atoms with Gasteiger partial charge < -0.3 is 9.73 Å². The van der Waals surface area contributed by atoms with Gasteiger partial charge in [0.1, 0.15) is 5.69 Å². The lowest BCUT2D eigenvalue weighted by atomic mass is 10.1. The molecule has 0 aliphatic rings. The van der Waals surface area contributed by atoms with E-state index < -0.39 is 0 Å². The fraction of sp³-hybridized carbons (Fsp3) is 0.0833. The van der Waals surface area contributed by atoms with Gasteiger partial charge in [-0.25, -0.2) is 4.98 Å². The Morgan fingerprint density at radius 2 is 1.52 bits per heavy atom. The van der Waals surface area contributed by atoms with Gasteiger partial charge in [-0.15, -0.1) is 0 Å². The van der Waals surface area contributed by atoms with Gasteiger partial charge in [-0.1, -0.05) is 90.6 Å². The Bertz CT molecular complexity index is 1050. The first-order valence-electron chi connectivity index (χ1n) is 9.30. The number of anilines is 1. The van der Waals surface area contributed by atoms with Crippen molar-refractivity contribution in [2.45, 2.75) is 12.1 Å². The van der Waals surface area contributed by atoms with Crippen LogP contribution in [0.3, 0.4) is 0 Å². The molecule has 1 N–H and O–H groups in total. The summed E-state index contributed by atoms with van der Waals surface area (Å²) in [6, 6.07) is 27.5. The number of carbonyl (C=O) groups is 1. The third-order valence-electron chi connectivity index (χ3n) is 4.44. The standard InChI is InChI=1S/C24H20N2O2S/c1-17-10-8-9-15-20(17)25-21(27)16-29-24-26-22(18-11-4-2-5-12-18)23(28-24)19-13-6-3-7-14-19/h2-15H,16H2,1H3,(H,25,27). The van der Waals surface area contributed by atoms with Crippen LogP contribution in [0.25, 0.3) is 22.6 Å². The van der Waals surface area contributed by atoms with E-state index in [1.54, 1.807) is 0 Å². The molecule has 0 bridgehead atoms. The maximum absolute atomic E-state index is 12.4. The molecule has 0 unspecified atom stereocenters. The molecule has 0 atom stereocenters. The summed E-state index contributed by atoms with van der Waals surface area (Å²) in [5, 5.41) is 3.41. The minimum Gasteiger partial charge on any atom is -0.431 e. The molecule has 4 nitrogen and oxygen atoms in total. The number of aryl methyl sites for hydroxylation is 1. The van der Waals surface area contributed by atoms with Crippen molar-refractivity contribution >= 4 is 23.4 Å². The number of aromatic nitrogens is 1. The Labute approximate surface area is 174 Å². The average Bonchev–Trinajstić information content (AvgIpc) is 3.20. The van der Waals surface area contributed by atoms with Gasteiger partial charge in [-0.2, -0.15) is 0 Å². The van der Waals surface area contributed by atoms with Crippen molar-refractivity contribution in [2.75, 3.05) is 11.1 Å². The van der Waals surface area contributed by atoms with Crippen molar-refractivity contribution in [2.24, 2.45) is 0 Å². The number of carbonyl (C=O) groups excluding carboxylic acids is 1. The van der Waals surface area contributed by atoms with Crippen LogP contribution in [0.1, 0.15) is 5.56 Å². The van der Waals surface area contributed by atoms with Gasteiger partial charge in [-0.05, 0) is 18.6 Å². The summed E-state index contributed by atoms with van der Waals surface area (Å²) in [7, 11) is 0. The van der Waals surface area contributed by atoms with Crippen LogP contribution in [0.2, 0.25) is 0 Å². The van der Waals surface area contributed by atoms with Gasteiger partial charge in [0.2, 0.25) is 5.91 Å². The van der Waals surface area contributed by atoms with E-state index in [0.29, 0.717) is 11.0 Å². The number of rotatable bonds is 6. The summed E-state index contributed by atoms with van der Waals surface area (Å²) < 4.78 is 6.05. The van der Waals surface area contributed by atoms with Gasteiger partial charge in [0, 0.05) is 16.8 Å². The quantitative estimate of drug-likeness (QED) is 0.400. The number of amides is 1. The molecule has 29 heavy (non-hydrogen) atoms. The van der Waals surface area contributed by atoms with Crippen molar-refractivity contribution in [1.29, 1.82) is 0 Å². The van der Waals surface area contributed by atoms with Crippen molar-refractivity contribution in [3.8, 4) is 22.6 Å². The number of nitrogens with zero attached hydrogens (tertiary/aromatic N) is 1. The number of oxazole rings is 1. The fourth-order valence-electron chi connectivity index (χ4n) is 2.97. The molecule has 5 heteroatoms. The van der Waals surface area contributed by atoms with Crippen LogP contribution in [0.4, 0.5) is 5.69 Å². The maximum Gasteiger partial charge on any atom is 0.257 e. The van der Waals surface area contributed by atoms with Crippen LogP contribution in [0.5, 0.6) is 0 Å². The first kappa shape index (κ1) is 19.0. The second kappa shape index (κ2) is 8.80. The maximum atomic E-state index is 12.4. The third kappa shape index (κ3) is 4.58. The van der Waals surface area contributed by atoms with E-state index in [9.17, 15) is 4.79 Å². The molecule has 1 aromatic heterocycles. The van der Waals surface area contributed by atoms with Crippen LogP contribution >= 0.6 is 11.8 Å². The molecule has 0 fully saturated rings. The van der Waals surface area contributed by atoms with Crippen molar-refractivity contribution in [3.05, 3.63) is 90.5 Å². The summed E-state index contributed by atoms with van der Waals surface area (Å²) in [5.41, 5.74) is 4.56. The molecule has 0 saturated carbocycles. The van der Waals surface area contributed by atoms with Gasteiger partial charge in [-0.3, -0.25) is 4.79 Å². The molecule has 3 aromatic carbocycles. The Hall–Kier alpha value is -3.31. The number of nitrogens with one attached hydrogen (secondary N) is 1. The SMILES string of the molecule is Cc1ccccc1NC(=O)CSc1nc(-c2ccccc2)c(-c2ccccc2)o1.